The summed E-state index contributed by atoms with van der Waals surface area (Å²) in [5.41, 5.74) is 0. The highest BCUT2D eigenvalue weighted by Crippen LogP contribution is 2.15. The van der Waals surface area contributed by atoms with Crippen LogP contribution in [0.2, 0.25) is 0 Å². The maximum atomic E-state index is 12.7. The maximum absolute atomic E-state index is 12.7. The van der Waals surface area contributed by atoms with Gasteiger partial charge in [-0.25, -0.2) is 0 Å². The Labute approximate surface area is 372 Å². The van der Waals surface area contributed by atoms with Crippen molar-refractivity contribution < 1.29 is 28.6 Å². The normalized spacial score (nSPS) is 12.2. The maximum Gasteiger partial charge on any atom is 0.306 e. The van der Waals surface area contributed by atoms with Gasteiger partial charge in [0.15, 0.2) is 6.10 Å². The van der Waals surface area contributed by atoms with E-state index < -0.39 is 6.10 Å². The Hall–Kier alpha value is -2.37. The molecule has 0 rings (SSSR count). The highest BCUT2D eigenvalue weighted by molar-refractivity contribution is 5.71. The lowest BCUT2D eigenvalue weighted by atomic mass is 10.1. The van der Waals surface area contributed by atoms with Gasteiger partial charge >= 0.3 is 17.9 Å². The highest BCUT2D eigenvalue weighted by atomic mass is 16.6. The molecular weight excluding hydrogens is 745 g/mol. The van der Waals surface area contributed by atoms with E-state index in [0.717, 1.165) is 70.6 Å². The second-order valence-corrected chi connectivity index (χ2v) is 17.4. The van der Waals surface area contributed by atoms with Gasteiger partial charge in [-0.2, -0.15) is 0 Å². The van der Waals surface area contributed by atoms with E-state index in [2.05, 4.69) is 57.2 Å². The largest absolute Gasteiger partial charge is 0.462 e. The average molecular weight is 843 g/mol. The first-order valence-corrected chi connectivity index (χ1v) is 26.0. The van der Waals surface area contributed by atoms with Crippen LogP contribution in [0.5, 0.6) is 0 Å². The fourth-order valence-electron chi connectivity index (χ4n) is 7.41. The van der Waals surface area contributed by atoms with Crippen LogP contribution in [-0.4, -0.2) is 37.2 Å². The topological polar surface area (TPSA) is 78.9 Å². The Morgan fingerprint density at radius 2 is 0.600 bits per heavy atom. The lowest BCUT2D eigenvalue weighted by molar-refractivity contribution is -0.167. The second-order valence-electron chi connectivity index (χ2n) is 17.4. The zero-order chi connectivity index (χ0) is 43.7. The number of carbonyl (C=O) groups excluding carboxylic acids is 3. The molecule has 0 radical (unpaired) electrons. The quantitative estimate of drug-likeness (QED) is 0.0263. The van der Waals surface area contributed by atoms with Crippen LogP contribution < -0.4 is 0 Å². The molecule has 0 aliphatic heterocycles. The molecule has 0 aliphatic carbocycles. The van der Waals surface area contributed by atoms with Crippen molar-refractivity contribution in [1.29, 1.82) is 0 Å². The number of hydrogen-bond acceptors (Lipinski definition) is 6. The standard InChI is InChI=1S/C54H98O6/c1-4-7-10-13-16-18-20-22-24-26-27-29-30-32-34-36-38-41-44-47-53(56)59-50-51(49-58-52(55)46-43-40-15-12-9-6-3)60-54(57)48-45-42-39-37-35-33-31-28-25-23-21-19-17-14-11-8-5-2/h17,19,22-25,51H,4-16,18,20-21,26-50H2,1-3H3/b19-17-,24-22-,25-23-. The smallest absolute Gasteiger partial charge is 0.306 e. The van der Waals surface area contributed by atoms with Crippen molar-refractivity contribution in [2.75, 3.05) is 13.2 Å². The molecule has 0 fully saturated rings. The van der Waals surface area contributed by atoms with Gasteiger partial charge < -0.3 is 14.2 Å². The summed E-state index contributed by atoms with van der Waals surface area (Å²) >= 11 is 0. The van der Waals surface area contributed by atoms with Gasteiger partial charge in [-0.3, -0.25) is 14.4 Å². The van der Waals surface area contributed by atoms with Crippen LogP contribution >= 0.6 is 0 Å². The zero-order valence-electron chi connectivity index (χ0n) is 40.0. The molecule has 0 aliphatic rings. The van der Waals surface area contributed by atoms with Gasteiger partial charge in [0.2, 0.25) is 0 Å². The SMILES string of the molecule is CCCCC/C=C\C/C=C\CCCCCCCCCC(=O)OC(COC(=O)CCCCCCCC)COC(=O)CCCCCCCCCCC/C=C\CCCCCCCC. The molecule has 6 heteroatoms. The number of allylic oxidation sites excluding steroid dienone is 6. The fraction of sp³-hybridized carbons (Fsp3) is 0.833. The van der Waals surface area contributed by atoms with Gasteiger partial charge in [-0.05, 0) is 77.0 Å². The predicted octanol–water partition coefficient (Wildman–Crippen LogP) is 16.9. The molecule has 350 valence electrons. The van der Waals surface area contributed by atoms with E-state index in [1.54, 1.807) is 0 Å². The van der Waals surface area contributed by atoms with Gasteiger partial charge in [0.1, 0.15) is 13.2 Å². The summed E-state index contributed by atoms with van der Waals surface area (Å²) in [5, 5.41) is 0. The van der Waals surface area contributed by atoms with Crippen LogP contribution in [0.4, 0.5) is 0 Å². The van der Waals surface area contributed by atoms with Gasteiger partial charge in [-0.15, -0.1) is 0 Å². The summed E-state index contributed by atoms with van der Waals surface area (Å²) in [6.45, 7) is 6.56. The monoisotopic (exact) mass is 843 g/mol. The molecule has 0 saturated heterocycles. The Morgan fingerprint density at radius 1 is 0.333 bits per heavy atom. The molecule has 0 spiro atoms. The minimum atomic E-state index is -0.771. The number of esters is 3. The van der Waals surface area contributed by atoms with E-state index in [0.29, 0.717) is 19.3 Å². The van der Waals surface area contributed by atoms with Crippen LogP contribution in [0.3, 0.4) is 0 Å². The lowest BCUT2D eigenvalue weighted by Gasteiger charge is -2.18. The summed E-state index contributed by atoms with van der Waals surface area (Å²) in [6, 6.07) is 0. The van der Waals surface area contributed by atoms with E-state index >= 15 is 0 Å². The third-order valence-corrected chi connectivity index (χ3v) is 11.4. The molecule has 1 atom stereocenters. The van der Waals surface area contributed by atoms with Crippen LogP contribution in [0.1, 0.15) is 271 Å². The molecule has 0 amide bonds. The van der Waals surface area contributed by atoms with Crippen molar-refractivity contribution in [2.45, 2.75) is 277 Å². The summed E-state index contributed by atoms with van der Waals surface area (Å²) in [6.07, 6.45) is 57.2. The van der Waals surface area contributed by atoms with E-state index in [4.69, 9.17) is 14.2 Å². The molecular formula is C54H98O6. The average Bonchev–Trinajstić information content (AvgIpc) is 3.24. The number of carbonyl (C=O) groups is 3. The number of hydrogen-bond donors (Lipinski definition) is 0. The minimum absolute atomic E-state index is 0.0747. The minimum Gasteiger partial charge on any atom is -0.462 e. The van der Waals surface area contributed by atoms with E-state index in [1.807, 2.05) is 0 Å². The molecule has 0 heterocycles. The Kier molecular flexibility index (Phi) is 47.3. The number of rotatable bonds is 47. The molecule has 0 saturated carbocycles. The summed E-state index contributed by atoms with van der Waals surface area (Å²) < 4.78 is 16.7. The van der Waals surface area contributed by atoms with Crippen LogP contribution in [0.15, 0.2) is 36.5 Å². The molecule has 60 heavy (non-hydrogen) atoms. The van der Waals surface area contributed by atoms with Gasteiger partial charge in [0.25, 0.3) is 0 Å². The van der Waals surface area contributed by atoms with E-state index in [9.17, 15) is 14.4 Å². The van der Waals surface area contributed by atoms with Crippen molar-refractivity contribution in [3.8, 4) is 0 Å². The van der Waals surface area contributed by atoms with Gasteiger partial charge in [0.05, 0.1) is 0 Å². The van der Waals surface area contributed by atoms with Crippen LogP contribution in [0, 0.1) is 0 Å². The van der Waals surface area contributed by atoms with Crippen molar-refractivity contribution >= 4 is 17.9 Å². The van der Waals surface area contributed by atoms with Crippen LogP contribution in [0.25, 0.3) is 0 Å². The zero-order valence-corrected chi connectivity index (χ0v) is 40.0. The van der Waals surface area contributed by atoms with Crippen LogP contribution in [-0.2, 0) is 28.6 Å². The Morgan fingerprint density at radius 3 is 0.967 bits per heavy atom. The van der Waals surface area contributed by atoms with Gasteiger partial charge in [-0.1, -0.05) is 211 Å². The van der Waals surface area contributed by atoms with Crippen molar-refractivity contribution in [2.24, 2.45) is 0 Å². The Balaban J connectivity index is 4.20. The number of unbranched alkanes of at least 4 members (excludes halogenated alkanes) is 30. The molecule has 1 unspecified atom stereocenters. The fourth-order valence-corrected chi connectivity index (χ4v) is 7.41. The highest BCUT2D eigenvalue weighted by Gasteiger charge is 2.19. The molecule has 0 N–H and O–H groups in total. The predicted molar refractivity (Wildman–Crippen MR) is 256 cm³/mol. The first kappa shape index (κ1) is 57.6. The molecule has 0 aromatic rings. The van der Waals surface area contributed by atoms with E-state index in [1.165, 1.54) is 161 Å². The summed E-state index contributed by atoms with van der Waals surface area (Å²) in [7, 11) is 0. The Bertz CT molecular complexity index is 1020. The third kappa shape index (κ3) is 46.7. The molecule has 0 aromatic heterocycles. The van der Waals surface area contributed by atoms with Crippen molar-refractivity contribution in [1.82, 2.24) is 0 Å². The summed E-state index contributed by atoms with van der Waals surface area (Å²) in [4.78, 5) is 37.7. The summed E-state index contributed by atoms with van der Waals surface area (Å²) in [5.74, 6) is -0.886. The second kappa shape index (κ2) is 49.3. The third-order valence-electron chi connectivity index (χ3n) is 11.4. The van der Waals surface area contributed by atoms with Crippen molar-refractivity contribution in [3.05, 3.63) is 36.5 Å². The van der Waals surface area contributed by atoms with Gasteiger partial charge in [0, 0.05) is 19.3 Å². The lowest BCUT2D eigenvalue weighted by Crippen LogP contribution is -2.30. The van der Waals surface area contributed by atoms with Crippen molar-refractivity contribution in [3.63, 3.8) is 0 Å². The first-order chi connectivity index (χ1) is 29.5. The molecule has 0 aromatic carbocycles. The molecule has 6 nitrogen and oxygen atoms in total. The first-order valence-electron chi connectivity index (χ1n) is 26.0. The number of ether oxygens (including phenoxy) is 3. The van der Waals surface area contributed by atoms with E-state index in [-0.39, 0.29) is 31.1 Å². The molecule has 0 bridgehead atoms.